The summed E-state index contributed by atoms with van der Waals surface area (Å²) in [6.45, 7) is 2.23. The fourth-order valence-corrected chi connectivity index (χ4v) is 3.69. The Balaban J connectivity index is 0.000000288. The number of ketones is 1. The van der Waals surface area contributed by atoms with Crippen molar-refractivity contribution in [3.05, 3.63) is 143 Å². The van der Waals surface area contributed by atoms with Gasteiger partial charge in [0.1, 0.15) is 13.2 Å². The highest BCUT2D eigenvalue weighted by Crippen LogP contribution is 2.29. The van der Waals surface area contributed by atoms with Crippen LogP contribution in [-0.4, -0.2) is 42.6 Å². The molecule has 0 aliphatic carbocycles. The van der Waals surface area contributed by atoms with Crippen molar-refractivity contribution in [1.82, 2.24) is 10.7 Å². The van der Waals surface area contributed by atoms with E-state index < -0.39 is 22.9 Å². The molecule has 4 aromatic carbocycles. The summed E-state index contributed by atoms with van der Waals surface area (Å²) in [7, 11) is 0. The van der Waals surface area contributed by atoms with Gasteiger partial charge in [0.15, 0.2) is 5.78 Å². The second kappa shape index (κ2) is 21.1. The Morgan fingerprint density at radius 2 is 1.19 bits per heavy atom. The largest absolute Gasteiger partial charge is 0.416 e. The molecule has 0 atom stereocenters. The van der Waals surface area contributed by atoms with Gasteiger partial charge < -0.3 is 14.8 Å². The molecule has 0 saturated carbocycles. The van der Waals surface area contributed by atoms with Crippen molar-refractivity contribution >= 4 is 34.4 Å². The summed E-state index contributed by atoms with van der Waals surface area (Å²) < 4.78 is 47.7. The molecule has 0 heterocycles. The van der Waals surface area contributed by atoms with Gasteiger partial charge in [-0.3, -0.25) is 24.6 Å². The molecule has 0 aliphatic rings. The predicted molar refractivity (Wildman–Crippen MR) is 175 cm³/mol. The molecule has 13 heteroatoms. The highest BCUT2D eigenvalue weighted by Gasteiger charge is 2.30. The standard InChI is InChI=1S/C18H16F3NO3.C9H12N2O2.C8H7ClO/c19-18(20,21)15-8-6-14(7-9-15)17(24)22-10-16(23)12-25-11-13-4-2-1-3-5-13;10-11-9(12)7-13-6-8-4-2-1-3-5-8;1-6-2-4-7(5-3-6)8(9)10/h1-9H,10-12H2,(H,22,24);1-5H,6-7,10H2,(H,11,12);2-5H,1H3. The fraction of sp³-hybridized carbons (Fsp3) is 0.200. The number of benzene rings is 4. The Labute approximate surface area is 281 Å². The van der Waals surface area contributed by atoms with Gasteiger partial charge in [-0.1, -0.05) is 78.4 Å². The monoisotopic (exact) mass is 685 g/mol. The van der Waals surface area contributed by atoms with E-state index in [-0.39, 0.29) is 43.6 Å². The number of hydrogen-bond donors (Lipinski definition) is 3. The zero-order chi connectivity index (χ0) is 35.4. The van der Waals surface area contributed by atoms with Crippen molar-refractivity contribution in [3.63, 3.8) is 0 Å². The van der Waals surface area contributed by atoms with E-state index in [9.17, 15) is 32.3 Å². The van der Waals surface area contributed by atoms with Crippen LogP contribution >= 0.6 is 11.6 Å². The molecule has 0 aromatic heterocycles. The maximum absolute atomic E-state index is 12.5. The molecule has 0 aliphatic heterocycles. The van der Waals surface area contributed by atoms with E-state index >= 15 is 0 Å². The zero-order valence-corrected chi connectivity index (χ0v) is 26.7. The number of nitrogens with one attached hydrogen (secondary N) is 2. The van der Waals surface area contributed by atoms with Crippen LogP contribution in [0.25, 0.3) is 0 Å². The van der Waals surface area contributed by atoms with Crippen LogP contribution in [0.15, 0.2) is 109 Å². The number of alkyl halides is 3. The van der Waals surface area contributed by atoms with Gasteiger partial charge in [-0.15, -0.1) is 0 Å². The molecule has 2 amide bonds. The number of carbonyl (C=O) groups is 4. The lowest BCUT2D eigenvalue weighted by Crippen LogP contribution is -2.33. The zero-order valence-electron chi connectivity index (χ0n) is 26.0. The van der Waals surface area contributed by atoms with E-state index in [1.807, 2.05) is 85.1 Å². The minimum Gasteiger partial charge on any atom is -0.369 e. The van der Waals surface area contributed by atoms with Crippen LogP contribution in [0.1, 0.15) is 43.0 Å². The molecule has 0 fully saturated rings. The first-order valence-electron chi connectivity index (χ1n) is 14.4. The van der Waals surface area contributed by atoms with Crippen molar-refractivity contribution in [1.29, 1.82) is 0 Å². The molecule has 4 rings (SSSR count). The van der Waals surface area contributed by atoms with E-state index in [0.29, 0.717) is 12.2 Å². The summed E-state index contributed by atoms with van der Waals surface area (Å²) in [5, 5.41) is 1.95. The van der Waals surface area contributed by atoms with E-state index in [1.165, 1.54) is 0 Å². The van der Waals surface area contributed by atoms with E-state index in [2.05, 4.69) is 5.32 Å². The van der Waals surface area contributed by atoms with Crippen LogP contribution in [0.4, 0.5) is 13.2 Å². The minimum atomic E-state index is -4.46. The van der Waals surface area contributed by atoms with Gasteiger partial charge in [-0.25, -0.2) is 5.84 Å². The summed E-state index contributed by atoms with van der Waals surface area (Å²) in [6.07, 6.45) is -4.46. The number of halogens is 4. The second-order valence-corrected chi connectivity index (χ2v) is 10.3. The van der Waals surface area contributed by atoms with Gasteiger partial charge in [0, 0.05) is 11.1 Å². The van der Waals surface area contributed by atoms with Crippen molar-refractivity contribution in [2.75, 3.05) is 19.8 Å². The molecular formula is C35H35ClF3N3O6. The molecule has 4 N–H and O–H groups in total. The Morgan fingerprint density at radius 3 is 1.65 bits per heavy atom. The molecule has 9 nitrogen and oxygen atoms in total. The highest BCUT2D eigenvalue weighted by molar-refractivity contribution is 6.67. The van der Waals surface area contributed by atoms with Gasteiger partial charge >= 0.3 is 6.18 Å². The third kappa shape index (κ3) is 16.1. The van der Waals surface area contributed by atoms with Crippen LogP contribution in [0.2, 0.25) is 0 Å². The molecular weight excluding hydrogens is 651 g/mol. The van der Waals surface area contributed by atoms with Gasteiger partial charge in [0.2, 0.25) is 0 Å². The first-order valence-corrected chi connectivity index (χ1v) is 14.7. The Morgan fingerprint density at radius 1 is 0.708 bits per heavy atom. The molecule has 0 saturated heterocycles. The third-order valence-electron chi connectivity index (χ3n) is 6.08. The molecule has 48 heavy (non-hydrogen) atoms. The number of rotatable bonds is 12. The Kier molecular flexibility index (Phi) is 17.3. The molecule has 0 bridgehead atoms. The van der Waals surface area contributed by atoms with Gasteiger partial charge in [-0.05, 0) is 66.0 Å². The van der Waals surface area contributed by atoms with Crippen molar-refractivity contribution < 1.29 is 41.8 Å². The lowest BCUT2D eigenvalue weighted by molar-refractivity contribution is -0.137. The second-order valence-electron chi connectivity index (χ2n) is 9.96. The summed E-state index contributed by atoms with van der Waals surface area (Å²) in [4.78, 5) is 44.6. The summed E-state index contributed by atoms with van der Waals surface area (Å²) in [5.41, 5.74) is 4.83. The lowest BCUT2D eigenvalue weighted by Gasteiger charge is -2.08. The van der Waals surface area contributed by atoms with Crippen molar-refractivity contribution in [2.45, 2.75) is 26.3 Å². The van der Waals surface area contributed by atoms with Crippen LogP contribution in [0.3, 0.4) is 0 Å². The first-order chi connectivity index (χ1) is 22.9. The normalized spacial score (nSPS) is 10.4. The average molecular weight is 686 g/mol. The minimum absolute atomic E-state index is 0.00854. The Hall–Kier alpha value is -4.88. The number of hydrogen-bond acceptors (Lipinski definition) is 7. The molecule has 254 valence electrons. The predicted octanol–water partition coefficient (Wildman–Crippen LogP) is 5.79. The summed E-state index contributed by atoms with van der Waals surface area (Å²) in [6, 6.07) is 29.8. The molecule has 0 spiro atoms. The fourth-order valence-electron chi connectivity index (χ4n) is 3.56. The summed E-state index contributed by atoms with van der Waals surface area (Å²) in [5.74, 6) is 3.59. The quantitative estimate of drug-likeness (QED) is 0.0744. The van der Waals surface area contributed by atoms with Gasteiger partial charge in [0.25, 0.3) is 17.1 Å². The number of nitrogens with two attached hydrogens (primary N) is 1. The maximum Gasteiger partial charge on any atom is 0.416 e. The van der Waals surface area contributed by atoms with Crippen molar-refractivity contribution in [3.8, 4) is 0 Å². The number of amides is 2. The number of aryl methyl sites for hydroxylation is 1. The van der Waals surface area contributed by atoms with E-state index in [1.54, 1.807) is 12.1 Å². The van der Waals surface area contributed by atoms with E-state index in [0.717, 1.165) is 41.0 Å². The highest BCUT2D eigenvalue weighted by atomic mass is 35.5. The SMILES string of the molecule is Cc1ccc(C(=O)Cl)cc1.NNC(=O)COCc1ccccc1.O=C(CNC(=O)c1ccc(C(F)(F)F)cc1)COCc1ccccc1. The molecule has 0 radical (unpaired) electrons. The number of hydrazine groups is 1. The smallest absolute Gasteiger partial charge is 0.369 e. The Bertz CT molecular complexity index is 1570. The number of ether oxygens (including phenoxy) is 2. The third-order valence-corrected chi connectivity index (χ3v) is 6.30. The van der Waals surface area contributed by atoms with Crippen LogP contribution < -0.4 is 16.6 Å². The van der Waals surface area contributed by atoms with Crippen LogP contribution in [0.5, 0.6) is 0 Å². The number of Topliss-reactive ketones (excluding diaryl/α,β-unsaturated/α-hetero) is 1. The van der Waals surface area contributed by atoms with Crippen molar-refractivity contribution in [2.24, 2.45) is 5.84 Å². The molecule has 0 unspecified atom stereocenters. The summed E-state index contributed by atoms with van der Waals surface area (Å²) >= 11 is 5.22. The maximum atomic E-state index is 12.5. The average Bonchev–Trinajstić information content (AvgIpc) is 3.08. The van der Waals surface area contributed by atoms with Gasteiger partial charge in [0.05, 0.1) is 25.3 Å². The number of carbonyl (C=O) groups excluding carboxylic acids is 4. The van der Waals surface area contributed by atoms with Crippen LogP contribution in [0, 0.1) is 6.92 Å². The first kappa shape index (κ1) is 39.3. The molecule has 4 aromatic rings. The van der Waals surface area contributed by atoms with Crippen LogP contribution in [-0.2, 0) is 38.5 Å². The van der Waals surface area contributed by atoms with E-state index in [4.69, 9.17) is 26.9 Å². The van der Waals surface area contributed by atoms with Gasteiger partial charge in [-0.2, -0.15) is 13.2 Å². The lowest BCUT2D eigenvalue weighted by atomic mass is 10.1. The topological polar surface area (TPSA) is 137 Å².